The molecule has 4 nitrogen and oxygen atoms in total. The molecule has 1 aromatic carbocycles. The minimum atomic E-state index is 0.390. The maximum Gasteiger partial charge on any atom is 0.224 e. The third-order valence-electron chi connectivity index (χ3n) is 4.46. The Kier molecular flexibility index (Phi) is 4.51. The lowest BCUT2D eigenvalue weighted by Crippen LogP contribution is -2.39. The molecule has 0 unspecified atom stereocenters. The van der Waals surface area contributed by atoms with Gasteiger partial charge in [0.2, 0.25) is 5.95 Å². The number of aromatic nitrogens is 2. The minimum absolute atomic E-state index is 0.390. The Morgan fingerprint density at radius 2 is 1.96 bits per heavy atom. The summed E-state index contributed by atoms with van der Waals surface area (Å²) in [6, 6.07) is 11.3. The zero-order valence-corrected chi connectivity index (χ0v) is 14.5. The number of anilines is 2. The molecule has 4 heteroatoms. The quantitative estimate of drug-likeness (QED) is 0.927. The van der Waals surface area contributed by atoms with E-state index in [0.29, 0.717) is 12.0 Å². The first kappa shape index (κ1) is 15.8. The van der Waals surface area contributed by atoms with Crippen molar-refractivity contribution in [3.05, 3.63) is 47.2 Å². The molecule has 1 aliphatic heterocycles. The van der Waals surface area contributed by atoms with E-state index in [-0.39, 0.29) is 0 Å². The van der Waals surface area contributed by atoms with E-state index in [1.54, 1.807) is 0 Å². The molecule has 1 N–H and O–H groups in total. The Morgan fingerprint density at radius 1 is 1.22 bits per heavy atom. The van der Waals surface area contributed by atoms with Gasteiger partial charge in [0.1, 0.15) is 5.82 Å². The minimum Gasteiger partial charge on any atom is -0.354 e. The summed E-state index contributed by atoms with van der Waals surface area (Å²) in [5.41, 5.74) is 3.96. The van der Waals surface area contributed by atoms with Crippen LogP contribution in [0.5, 0.6) is 0 Å². The van der Waals surface area contributed by atoms with Crippen LogP contribution in [0.2, 0.25) is 0 Å². The van der Waals surface area contributed by atoms with E-state index in [1.807, 2.05) is 0 Å². The van der Waals surface area contributed by atoms with Gasteiger partial charge in [0.05, 0.1) is 5.69 Å². The SMILES string of the molecule is CCNc1nc(C(C)C)cc(N2Cc3ccccc3C[C@@H]2C)n1. The second kappa shape index (κ2) is 6.57. The predicted octanol–water partition coefficient (Wildman–Crippen LogP) is 3.98. The Hall–Kier alpha value is -2.10. The van der Waals surface area contributed by atoms with Gasteiger partial charge in [-0.15, -0.1) is 0 Å². The van der Waals surface area contributed by atoms with Crippen molar-refractivity contribution in [2.24, 2.45) is 0 Å². The first-order valence-electron chi connectivity index (χ1n) is 8.54. The van der Waals surface area contributed by atoms with Crippen molar-refractivity contribution < 1.29 is 0 Å². The number of rotatable bonds is 4. The molecule has 0 amide bonds. The largest absolute Gasteiger partial charge is 0.354 e. The number of hydrogen-bond donors (Lipinski definition) is 1. The maximum absolute atomic E-state index is 4.76. The van der Waals surface area contributed by atoms with Crippen molar-refractivity contribution in [3.8, 4) is 0 Å². The van der Waals surface area contributed by atoms with Crippen molar-refractivity contribution in [2.45, 2.75) is 52.6 Å². The fraction of sp³-hybridized carbons (Fsp3) is 0.474. The normalized spacial score (nSPS) is 17.3. The molecule has 3 rings (SSSR count). The van der Waals surface area contributed by atoms with Crippen molar-refractivity contribution in [1.82, 2.24) is 9.97 Å². The topological polar surface area (TPSA) is 41.1 Å². The lowest BCUT2D eigenvalue weighted by atomic mass is 9.95. The van der Waals surface area contributed by atoms with Gasteiger partial charge in [-0.25, -0.2) is 4.98 Å². The molecule has 1 aromatic heterocycles. The van der Waals surface area contributed by atoms with Gasteiger partial charge in [-0.2, -0.15) is 4.98 Å². The average Bonchev–Trinajstić information content (AvgIpc) is 2.54. The molecular formula is C19H26N4. The number of benzene rings is 1. The van der Waals surface area contributed by atoms with Gasteiger partial charge in [-0.3, -0.25) is 0 Å². The van der Waals surface area contributed by atoms with E-state index < -0.39 is 0 Å². The van der Waals surface area contributed by atoms with Crippen LogP contribution in [-0.2, 0) is 13.0 Å². The molecule has 0 saturated heterocycles. The average molecular weight is 310 g/mol. The molecule has 0 fully saturated rings. The number of fused-ring (bicyclic) bond motifs is 1. The van der Waals surface area contributed by atoms with Gasteiger partial charge in [0, 0.05) is 25.2 Å². The lowest BCUT2D eigenvalue weighted by Gasteiger charge is -2.36. The number of nitrogens with zero attached hydrogens (tertiary/aromatic N) is 3. The van der Waals surface area contributed by atoms with E-state index in [1.165, 1.54) is 11.1 Å². The summed E-state index contributed by atoms with van der Waals surface area (Å²) in [6.45, 7) is 10.5. The summed E-state index contributed by atoms with van der Waals surface area (Å²) in [6.07, 6.45) is 1.06. The third kappa shape index (κ3) is 3.31. The smallest absolute Gasteiger partial charge is 0.224 e. The summed E-state index contributed by atoms with van der Waals surface area (Å²) < 4.78 is 0. The highest BCUT2D eigenvalue weighted by atomic mass is 15.2. The summed E-state index contributed by atoms with van der Waals surface area (Å²) in [4.78, 5) is 11.8. The van der Waals surface area contributed by atoms with E-state index in [0.717, 1.165) is 37.0 Å². The van der Waals surface area contributed by atoms with Gasteiger partial charge in [0.15, 0.2) is 0 Å². The number of hydrogen-bond acceptors (Lipinski definition) is 4. The van der Waals surface area contributed by atoms with Crippen LogP contribution >= 0.6 is 0 Å². The fourth-order valence-corrected chi connectivity index (χ4v) is 3.12. The van der Waals surface area contributed by atoms with Crippen LogP contribution in [0.1, 0.15) is 50.4 Å². The molecule has 1 atom stereocenters. The van der Waals surface area contributed by atoms with Gasteiger partial charge in [-0.1, -0.05) is 38.1 Å². The zero-order chi connectivity index (χ0) is 16.4. The Labute approximate surface area is 139 Å². The number of nitrogens with one attached hydrogen (secondary N) is 1. The van der Waals surface area contributed by atoms with Crippen LogP contribution in [0.4, 0.5) is 11.8 Å². The highest BCUT2D eigenvalue weighted by Gasteiger charge is 2.24. The third-order valence-corrected chi connectivity index (χ3v) is 4.46. The van der Waals surface area contributed by atoms with Crippen LogP contribution in [0.3, 0.4) is 0 Å². The molecule has 23 heavy (non-hydrogen) atoms. The Bertz CT molecular complexity index is 681. The van der Waals surface area contributed by atoms with Gasteiger partial charge >= 0.3 is 0 Å². The highest BCUT2D eigenvalue weighted by molar-refractivity contribution is 5.49. The van der Waals surface area contributed by atoms with Crippen molar-refractivity contribution in [3.63, 3.8) is 0 Å². The van der Waals surface area contributed by atoms with E-state index in [9.17, 15) is 0 Å². The first-order valence-corrected chi connectivity index (χ1v) is 8.54. The van der Waals surface area contributed by atoms with Crippen molar-refractivity contribution in [2.75, 3.05) is 16.8 Å². The molecule has 0 radical (unpaired) electrons. The molecule has 2 aromatic rings. The summed E-state index contributed by atoms with van der Waals surface area (Å²) in [5, 5.41) is 3.27. The molecule has 0 aliphatic carbocycles. The predicted molar refractivity (Wildman–Crippen MR) is 96.1 cm³/mol. The fourth-order valence-electron chi connectivity index (χ4n) is 3.12. The van der Waals surface area contributed by atoms with Crippen molar-refractivity contribution in [1.29, 1.82) is 0 Å². The molecule has 0 spiro atoms. The first-order chi connectivity index (χ1) is 11.1. The molecule has 0 saturated carbocycles. The van der Waals surface area contributed by atoms with Crippen LogP contribution in [0.15, 0.2) is 30.3 Å². The molecule has 0 bridgehead atoms. The Morgan fingerprint density at radius 3 is 2.65 bits per heavy atom. The summed E-state index contributed by atoms with van der Waals surface area (Å²) >= 11 is 0. The van der Waals surface area contributed by atoms with Gasteiger partial charge in [0.25, 0.3) is 0 Å². The van der Waals surface area contributed by atoms with Crippen LogP contribution in [0, 0.1) is 0 Å². The van der Waals surface area contributed by atoms with Crippen LogP contribution in [-0.4, -0.2) is 22.6 Å². The monoisotopic (exact) mass is 310 g/mol. The molecule has 1 aliphatic rings. The Balaban J connectivity index is 1.97. The van der Waals surface area contributed by atoms with Crippen LogP contribution < -0.4 is 10.2 Å². The van der Waals surface area contributed by atoms with Crippen LogP contribution in [0.25, 0.3) is 0 Å². The summed E-state index contributed by atoms with van der Waals surface area (Å²) in [7, 11) is 0. The second-order valence-electron chi connectivity index (χ2n) is 6.61. The highest BCUT2D eigenvalue weighted by Crippen LogP contribution is 2.29. The molecular weight excluding hydrogens is 284 g/mol. The summed E-state index contributed by atoms with van der Waals surface area (Å²) in [5.74, 6) is 2.16. The van der Waals surface area contributed by atoms with E-state index >= 15 is 0 Å². The van der Waals surface area contributed by atoms with Gasteiger partial charge in [-0.05, 0) is 37.3 Å². The maximum atomic E-state index is 4.76. The molecule has 2 heterocycles. The van der Waals surface area contributed by atoms with E-state index in [4.69, 9.17) is 4.98 Å². The van der Waals surface area contributed by atoms with Gasteiger partial charge < -0.3 is 10.2 Å². The second-order valence-corrected chi connectivity index (χ2v) is 6.61. The van der Waals surface area contributed by atoms with Crippen molar-refractivity contribution >= 4 is 11.8 Å². The standard InChI is InChI=1S/C19H26N4/c1-5-20-19-21-17(13(2)3)11-18(22-19)23-12-16-9-7-6-8-15(16)10-14(23)4/h6-9,11,13-14H,5,10,12H2,1-4H3,(H,20,21,22)/t14-/m0/s1. The molecule has 122 valence electrons. The van der Waals surface area contributed by atoms with E-state index in [2.05, 4.69) is 73.2 Å². The zero-order valence-electron chi connectivity index (χ0n) is 14.5. The lowest BCUT2D eigenvalue weighted by molar-refractivity contribution is 0.585.